The second-order valence-corrected chi connectivity index (χ2v) is 6.20. The Kier molecular flexibility index (Phi) is 7.06. The van der Waals surface area contributed by atoms with Crippen LogP contribution in [0.3, 0.4) is 0 Å². The number of nitrogens with two attached hydrogens (primary N) is 1. The van der Waals surface area contributed by atoms with Gasteiger partial charge >= 0.3 is 0 Å². The smallest absolute Gasteiger partial charge is 0.273 e. The fraction of sp³-hybridized carbons (Fsp3) is 0.474. The lowest BCUT2D eigenvalue weighted by atomic mass is 10.0. The first-order valence-electron chi connectivity index (χ1n) is 8.73. The molecule has 1 aromatic heterocycles. The minimum atomic E-state index is -0.352. The molecule has 2 aromatic rings. The Labute approximate surface area is 159 Å². The van der Waals surface area contributed by atoms with Crippen LogP contribution in [0.4, 0.5) is 0 Å². The van der Waals surface area contributed by atoms with Gasteiger partial charge in [-0.2, -0.15) is 0 Å². The van der Waals surface area contributed by atoms with Gasteiger partial charge in [-0.1, -0.05) is 20.3 Å². The number of hydrogen-bond acceptors (Lipinski definition) is 7. The second-order valence-electron chi connectivity index (χ2n) is 6.20. The fourth-order valence-corrected chi connectivity index (χ4v) is 2.55. The average molecular weight is 377 g/mol. The first kappa shape index (κ1) is 20.6. The van der Waals surface area contributed by atoms with E-state index in [1.807, 2.05) is 13.8 Å². The monoisotopic (exact) mass is 377 g/mol. The van der Waals surface area contributed by atoms with Crippen molar-refractivity contribution in [1.82, 2.24) is 10.3 Å². The van der Waals surface area contributed by atoms with Gasteiger partial charge in [0.05, 0.1) is 27.4 Å². The normalized spacial score (nSPS) is 13.0. The first-order chi connectivity index (χ1) is 12.9. The van der Waals surface area contributed by atoms with Crippen molar-refractivity contribution >= 4 is 5.91 Å². The van der Waals surface area contributed by atoms with E-state index in [1.165, 1.54) is 27.6 Å². The van der Waals surface area contributed by atoms with Crippen LogP contribution in [0.25, 0.3) is 0 Å². The van der Waals surface area contributed by atoms with Crippen molar-refractivity contribution in [2.24, 2.45) is 11.7 Å². The van der Waals surface area contributed by atoms with Crippen molar-refractivity contribution in [1.29, 1.82) is 0 Å². The lowest BCUT2D eigenvalue weighted by Crippen LogP contribution is -2.24. The zero-order valence-corrected chi connectivity index (χ0v) is 16.4. The number of ether oxygens (including phenoxy) is 3. The number of hydrogen-bond donors (Lipinski definition) is 2. The predicted molar refractivity (Wildman–Crippen MR) is 100 cm³/mol. The van der Waals surface area contributed by atoms with Crippen molar-refractivity contribution in [3.63, 3.8) is 0 Å². The number of carbonyl (C=O) groups excluding carboxylic acids is 1. The maximum Gasteiger partial charge on any atom is 0.273 e. The quantitative estimate of drug-likeness (QED) is 0.691. The summed E-state index contributed by atoms with van der Waals surface area (Å²) >= 11 is 0. The number of benzene rings is 1. The molecule has 2 unspecified atom stereocenters. The van der Waals surface area contributed by atoms with Crippen LogP contribution in [-0.2, 0) is 6.54 Å². The Balaban J connectivity index is 2.09. The molecule has 0 bridgehead atoms. The highest BCUT2D eigenvalue weighted by Gasteiger charge is 2.21. The maximum absolute atomic E-state index is 12.4. The maximum atomic E-state index is 12.4. The third-order valence-electron chi connectivity index (χ3n) is 4.47. The Morgan fingerprint density at radius 3 is 2.37 bits per heavy atom. The molecule has 0 radical (unpaired) electrons. The molecule has 0 aliphatic carbocycles. The van der Waals surface area contributed by atoms with Gasteiger partial charge in [-0.3, -0.25) is 4.79 Å². The number of aromatic nitrogens is 1. The van der Waals surface area contributed by atoms with Crippen LogP contribution in [0.1, 0.15) is 48.3 Å². The Morgan fingerprint density at radius 1 is 1.22 bits per heavy atom. The second kappa shape index (κ2) is 9.27. The summed E-state index contributed by atoms with van der Waals surface area (Å²) in [5.74, 6) is 1.75. The van der Waals surface area contributed by atoms with Crippen molar-refractivity contribution in [2.75, 3.05) is 21.3 Å². The van der Waals surface area contributed by atoms with E-state index in [4.69, 9.17) is 24.4 Å². The molecular weight excluding hydrogens is 350 g/mol. The van der Waals surface area contributed by atoms with Crippen molar-refractivity contribution in [3.8, 4) is 17.2 Å². The molecule has 0 fully saturated rings. The van der Waals surface area contributed by atoms with Crippen LogP contribution >= 0.6 is 0 Å². The summed E-state index contributed by atoms with van der Waals surface area (Å²) in [6.07, 6.45) is 2.22. The predicted octanol–water partition coefficient (Wildman–Crippen LogP) is 2.68. The topological polar surface area (TPSA) is 109 Å². The van der Waals surface area contributed by atoms with Crippen LogP contribution in [0.2, 0.25) is 0 Å². The summed E-state index contributed by atoms with van der Waals surface area (Å²) in [7, 11) is 4.61. The van der Waals surface area contributed by atoms with Crippen molar-refractivity contribution < 1.29 is 23.4 Å². The van der Waals surface area contributed by atoms with Crippen LogP contribution in [0.15, 0.2) is 22.8 Å². The molecule has 0 aliphatic rings. The first-order valence-corrected chi connectivity index (χ1v) is 8.73. The van der Waals surface area contributed by atoms with Gasteiger partial charge in [0.1, 0.15) is 6.26 Å². The van der Waals surface area contributed by atoms with Crippen LogP contribution in [0.5, 0.6) is 17.2 Å². The molecule has 27 heavy (non-hydrogen) atoms. The SMILES string of the molecule is CCC(C)C(N)c1nc(C(=O)NCc2cc(OC)c(OC)c(OC)c2)co1. The zero-order valence-electron chi connectivity index (χ0n) is 16.4. The molecule has 148 valence electrons. The van der Waals surface area contributed by atoms with Gasteiger partial charge in [-0.05, 0) is 23.6 Å². The van der Waals surface area contributed by atoms with Gasteiger partial charge < -0.3 is 29.7 Å². The number of nitrogens with zero attached hydrogens (tertiary/aromatic N) is 1. The zero-order chi connectivity index (χ0) is 20.0. The third-order valence-corrected chi connectivity index (χ3v) is 4.47. The van der Waals surface area contributed by atoms with Crippen molar-refractivity contribution in [3.05, 3.63) is 35.5 Å². The molecule has 0 saturated heterocycles. The number of oxazole rings is 1. The van der Waals surface area contributed by atoms with E-state index in [0.717, 1.165) is 12.0 Å². The molecule has 8 nitrogen and oxygen atoms in total. The summed E-state index contributed by atoms with van der Waals surface area (Å²) in [5.41, 5.74) is 7.07. The number of methoxy groups -OCH3 is 3. The largest absolute Gasteiger partial charge is 0.493 e. The third kappa shape index (κ3) is 4.71. The molecular formula is C19H27N3O5. The Bertz CT molecular complexity index is 749. The van der Waals surface area contributed by atoms with E-state index >= 15 is 0 Å². The van der Waals surface area contributed by atoms with Crippen LogP contribution < -0.4 is 25.3 Å². The fourth-order valence-electron chi connectivity index (χ4n) is 2.55. The highest BCUT2D eigenvalue weighted by Crippen LogP contribution is 2.38. The molecule has 2 atom stereocenters. The Morgan fingerprint density at radius 2 is 1.85 bits per heavy atom. The summed E-state index contributed by atoms with van der Waals surface area (Å²) < 4.78 is 21.3. The van der Waals surface area contributed by atoms with E-state index in [2.05, 4.69) is 10.3 Å². The van der Waals surface area contributed by atoms with Gasteiger partial charge in [-0.15, -0.1) is 0 Å². The van der Waals surface area contributed by atoms with Crippen molar-refractivity contribution in [2.45, 2.75) is 32.9 Å². The number of nitrogens with one attached hydrogen (secondary N) is 1. The molecule has 0 aliphatic heterocycles. The molecule has 2 rings (SSSR count). The van der Waals surface area contributed by atoms with E-state index in [0.29, 0.717) is 23.1 Å². The molecule has 0 saturated carbocycles. The highest BCUT2D eigenvalue weighted by atomic mass is 16.5. The number of amides is 1. The number of carbonyl (C=O) groups is 1. The lowest BCUT2D eigenvalue weighted by Gasteiger charge is -2.14. The van der Waals surface area contributed by atoms with E-state index in [-0.39, 0.29) is 30.1 Å². The average Bonchev–Trinajstić information content (AvgIpc) is 3.19. The van der Waals surface area contributed by atoms with Gasteiger partial charge in [0.25, 0.3) is 5.91 Å². The van der Waals surface area contributed by atoms with E-state index < -0.39 is 0 Å². The minimum absolute atomic E-state index is 0.191. The van der Waals surface area contributed by atoms with Crippen LogP contribution in [0, 0.1) is 5.92 Å². The summed E-state index contributed by atoms with van der Waals surface area (Å²) in [6.45, 7) is 4.31. The summed E-state index contributed by atoms with van der Waals surface area (Å²) in [5, 5.41) is 2.80. The lowest BCUT2D eigenvalue weighted by molar-refractivity contribution is 0.0945. The Hall–Kier alpha value is -2.74. The van der Waals surface area contributed by atoms with Gasteiger partial charge in [-0.25, -0.2) is 4.98 Å². The van der Waals surface area contributed by atoms with Crippen LogP contribution in [-0.4, -0.2) is 32.2 Å². The van der Waals surface area contributed by atoms with E-state index in [9.17, 15) is 4.79 Å². The molecule has 1 aromatic carbocycles. The molecule has 1 heterocycles. The molecule has 3 N–H and O–H groups in total. The van der Waals surface area contributed by atoms with Gasteiger partial charge in [0.15, 0.2) is 17.2 Å². The summed E-state index contributed by atoms with van der Waals surface area (Å²) in [6, 6.07) is 3.20. The van der Waals surface area contributed by atoms with Gasteiger partial charge in [0, 0.05) is 6.54 Å². The molecule has 0 spiro atoms. The number of rotatable bonds is 9. The van der Waals surface area contributed by atoms with E-state index in [1.54, 1.807) is 12.1 Å². The standard InChI is InChI=1S/C19H27N3O5/c1-6-11(2)16(20)19-22-13(10-27-19)18(23)21-9-12-7-14(24-3)17(26-5)15(8-12)25-4/h7-8,10-11,16H,6,9,20H2,1-5H3,(H,21,23). The highest BCUT2D eigenvalue weighted by molar-refractivity contribution is 5.91. The molecule has 8 heteroatoms. The summed E-state index contributed by atoms with van der Waals surface area (Å²) in [4.78, 5) is 16.6. The minimum Gasteiger partial charge on any atom is -0.493 e. The van der Waals surface area contributed by atoms with Gasteiger partial charge in [0.2, 0.25) is 11.6 Å². The molecule has 1 amide bonds.